The van der Waals surface area contributed by atoms with Crippen LogP contribution in [0, 0.1) is 5.82 Å². The molecule has 0 radical (unpaired) electrons. The Balaban J connectivity index is 2.79. The van der Waals surface area contributed by atoms with Gasteiger partial charge in [-0.1, -0.05) is 0 Å². The van der Waals surface area contributed by atoms with Crippen molar-refractivity contribution in [2.24, 2.45) is 0 Å². The van der Waals surface area contributed by atoms with Crippen molar-refractivity contribution < 1.29 is 26.0 Å². The first-order chi connectivity index (χ1) is 9.65. The normalized spacial score (nSPS) is 12.4. The number of nitrogens with one attached hydrogen (secondary N) is 2. The van der Waals surface area contributed by atoms with Gasteiger partial charge in [-0.3, -0.25) is 4.72 Å². The van der Waals surface area contributed by atoms with Gasteiger partial charge in [-0.25, -0.2) is 12.8 Å². The summed E-state index contributed by atoms with van der Waals surface area (Å²) in [5, 5.41) is 2.85. The predicted octanol–water partition coefficient (Wildman–Crippen LogP) is 2.59. The first-order valence-electron chi connectivity index (χ1n) is 6.17. The summed E-state index contributed by atoms with van der Waals surface area (Å²) in [6.45, 7) is 0.643. The van der Waals surface area contributed by atoms with Crippen LogP contribution in [0.4, 0.5) is 23.2 Å². The van der Waals surface area contributed by atoms with E-state index in [0.717, 1.165) is 6.07 Å². The molecule has 0 aromatic heterocycles. The molecule has 2 N–H and O–H groups in total. The molecule has 0 heterocycles. The van der Waals surface area contributed by atoms with Gasteiger partial charge in [-0.2, -0.15) is 13.2 Å². The van der Waals surface area contributed by atoms with Gasteiger partial charge in [0.15, 0.2) is 0 Å². The lowest BCUT2D eigenvalue weighted by molar-refractivity contribution is -0.139. The maximum atomic E-state index is 13.1. The lowest BCUT2D eigenvalue weighted by Crippen LogP contribution is -2.19. The highest BCUT2D eigenvalue weighted by Gasteiger charge is 2.34. The SMILES string of the molecule is CNCCCCS(=O)(=O)Nc1ccc(F)c(C(F)(F)F)c1. The Kier molecular flexibility index (Phi) is 5.97. The zero-order valence-electron chi connectivity index (χ0n) is 11.3. The van der Waals surface area contributed by atoms with Crippen molar-refractivity contribution in [1.29, 1.82) is 0 Å². The Labute approximate surface area is 120 Å². The molecule has 9 heteroatoms. The fraction of sp³-hybridized carbons (Fsp3) is 0.500. The van der Waals surface area contributed by atoms with Gasteiger partial charge in [0.1, 0.15) is 5.82 Å². The zero-order chi connectivity index (χ0) is 16.1. The topological polar surface area (TPSA) is 58.2 Å². The Morgan fingerprint density at radius 2 is 1.86 bits per heavy atom. The van der Waals surface area contributed by atoms with Crippen LogP contribution in [0.25, 0.3) is 0 Å². The van der Waals surface area contributed by atoms with E-state index in [1.54, 1.807) is 7.05 Å². The first-order valence-corrected chi connectivity index (χ1v) is 7.83. The maximum absolute atomic E-state index is 13.1. The summed E-state index contributed by atoms with van der Waals surface area (Å²) in [6.07, 6.45) is -3.89. The molecule has 0 saturated carbocycles. The van der Waals surface area contributed by atoms with E-state index >= 15 is 0 Å². The highest BCUT2D eigenvalue weighted by Crippen LogP contribution is 2.33. The quantitative estimate of drug-likeness (QED) is 0.597. The minimum absolute atomic E-state index is 0.215. The van der Waals surface area contributed by atoms with E-state index in [1.807, 2.05) is 4.72 Å². The number of anilines is 1. The smallest absolute Gasteiger partial charge is 0.320 e. The molecule has 1 rings (SSSR count). The van der Waals surface area contributed by atoms with Gasteiger partial charge in [0.2, 0.25) is 10.0 Å². The third kappa shape index (κ3) is 5.88. The lowest BCUT2D eigenvalue weighted by Gasteiger charge is -2.12. The van der Waals surface area contributed by atoms with Crippen LogP contribution in [-0.4, -0.2) is 27.8 Å². The fourth-order valence-electron chi connectivity index (χ4n) is 1.63. The molecule has 0 aliphatic rings. The van der Waals surface area contributed by atoms with Crippen LogP contribution < -0.4 is 10.0 Å². The van der Waals surface area contributed by atoms with Gasteiger partial charge in [0.25, 0.3) is 0 Å². The third-order valence-electron chi connectivity index (χ3n) is 2.63. The Morgan fingerprint density at radius 3 is 2.43 bits per heavy atom. The molecule has 0 amide bonds. The van der Waals surface area contributed by atoms with Crippen LogP contribution in [0.1, 0.15) is 18.4 Å². The van der Waals surface area contributed by atoms with Crippen molar-refractivity contribution in [3.8, 4) is 0 Å². The molecule has 0 bridgehead atoms. The number of halogens is 4. The number of alkyl halides is 3. The standard InChI is InChI=1S/C12H16F4N2O2S/c1-17-6-2-3-7-21(19,20)18-9-4-5-11(13)10(8-9)12(14,15)16/h4-5,8,17-18H,2-3,6-7H2,1H3. The lowest BCUT2D eigenvalue weighted by atomic mass is 10.2. The molecule has 0 atom stereocenters. The fourth-order valence-corrected chi connectivity index (χ4v) is 2.80. The van der Waals surface area contributed by atoms with E-state index in [9.17, 15) is 26.0 Å². The van der Waals surface area contributed by atoms with Crippen molar-refractivity contribution in [2.45, 2.75) is 19.0 Å². The van der Waals surface area contributed by atoms with Gasteiger partial charge in [0, 0.05) is 5.69 Å². The van der Waals surface area contributed by atoms with Crippen molar-refractivity contribution in [2.75, 3.05) is 24.1 Å². The molecule has 1 aromatic rings. The van der Waals surface area contributed by atoms with Crippen LogP contribution in [0.3, 0.4) is 0 Å². The molecule has 0 aliphatic heterocycles. The van der Waals surface area contributed by atoms with E-state index in [1.165, 1.54) is 0 Å². The molecule has 1 aromatic carbocycles. The van der Waals surface area contributed by atoms with Gasteiger partial charge < -0.3 is 5.32 Å². The van der Waals surface area contributed by atoms with Crippen LogP contribution in [0.2, 0.25) is 0 Å². The summed E-state index contributed by atoms with van der Waals surface area (Å²) in [4.78, 5) is 0. The predicted molar refractivity (Wildman–Crippen MR) is 72.0 cm³/mol. The average Bonchev–Trinajstić information content (AvgIpc) is 2.35. The minimum Gasteiger partial charge on any atom is -0.320 e. The van der Waals surface area contributed by atoms with Crippen LogP contribution >= 0.6 is 0 Å². The molecule has 0 unspecified atom stereocenters. The Hall–Kier alpha value is -1.35. The molecule has 0 fully saturated rings. The molecule has 120 valence electrons. The van der Waals surface area contributed by atoms with Gasteiger partial charge in [-0.15, -0.1) is 0 Å². The number of hydrogen-bond acceptors (Lipinski definition) is 3. The van der Waals surface area contributed by atoms with Crippen LogP contribution in [-0.2, 0) is 16.2 Å². The zero-order valence-corrected chi connectivity index (χ0v) is 12.1. The molecule has 0 saturated heterocycles. The summed E-state index contributed by atoms with van der Waals surface area (Å²) >= 11 is 0. The van der Waals surface area contributed by atoms with E-state index in [0.29, 0.717) is 31.5 Å². The second kappa shape index (κ2) is 7.08. The highest BCUT2D eigenvalue weighted by molar-refractivity contribution is 7.92. The second-order valence-electron chi connectivity index (χ2n) is 4.42. The summed E-state index contributed by atoms with van der Waals surface area (Å²) in [7, 11) is -2.03. The molecule has 0 aliphatic carbocycles. The molecule has 0 spiro atoms. The monoisotopic (exact) mass is 328 g/mol. The van der Waals surface area contributed by atoms with Crippen molar-refractivity contribution in [1.82, 2.24) is 5.32 Å². The largest absolute Gasteiger partial charge is 0.419 e. The van der Waals surface area contributed by atoms with Crippen molar-refractivity contribution >= 4 is 15.7 Å². The summed E-state index contributed by atoms with van der Waals surface area (Å²) in [5.41, 5.74) is -1.81. The van der Waals surface area contributed by atoms with E-state index in [4.69, 9.17) is 0 Å². The van der Waals surface area contributed by atoms with Crippen molar-refractivity contribution in [3.05, 3.63) is 29.6 Å². The van der Waals surface area contributed by atoms with E-state index in [2.05, 4.69) is 5.32 Å². The number of sulfonamides is 1. The number of unbranched alkanes of at least 4 members (excludes halogenated alkanes) is 1. The second-order valence-corrected chi connectivity index (χ2v) is 6.27. The van der Waals surface area contributed by atoms with E-state index < -0.39 is 27.6 Å². The molecule has 21 heavy (non-hydrogen) atoms. The number of rotatable bonds is 7. The van der Waals surface area contributed by atoms with Crippen molar-refractivity contribution in [3.63, 3.8) is 0 Å². The van der Waals surface area contributed by atoms with Crippen LogP contribution in [0.5, 0.6) is 0 Å². The number of benzene rings is 1. The maximum Gasteiger partial charge on any atom is 0.419 e. The highest BCUT2D eigenvalue weighted by atomic mass is 32.2. The van der Waals surface area contributed by atoms with Crippen LogP contribution in [0.15, 0.2) is 18.2 Å². The summed E-state index contributed by atoms with van der Waals surface area (Å²) in [5.74, 6) is -1.66. The van der Waals surface area contributed by atoms with E-state index in [-0.39, 0.29) is 11.4 Å². The average molecular weight is 328 g/mol. The Morgan fingerprint density at radius 1 is 1.19 bits per heavy atom. The Bertz CT molecular complexity index is 573. The van der Waals surface area contributed by atoms with Gasteiger partial charge in [-0.05, 0) is 44.6 Å². The molecular weight excluding hydrogens is 312 g/mol. The van der Waals surface area contributed by atoms with Gasteiger partial charge >= 0.3 is 6.18 Å². The van der Waals surface area contributed by atoms with Gasteiger partial charge in [0.05, 0.1) is 11.3 Å². The summed E-state index contributed by atoms with van der Waals surface area (Å²) in [6, 6.07) is 1.98. The summed E-state index contributed by atoms with van der Waals surface area (Å²) < 4.78 is 76.1. The first kappa shape index (κ1) is 17.7. The molecule has 4 nitrogen and oxygen atoms in total. The minimum atomic E-state index is -4.88. The molecular formula is C12H16F4N2O2S. The third-order valence-corrected chi connectivity index (χ3v) is 4.01. The number of hydrogen-bond donors (Lipinski definition) is 2.